The quantitative estimate of drug-likeness (QED) is 0.774. The first-order valence-electron chi connectivity index (χ1n) is 8.69. The van der Waals surface area contributed by atoms with E-state index in [4.69, 9.17) is 0 Å². The molecule has 0 unspecified atom stereocenters. The highest BCUT2D eigenvalue weighted by atomic mass is 32.2. The van der Waals surface area contributed by atoms with Crippen LogP contribution in [0, 0.1) is 0 Å². The molecule has 2 aliphatic rings. The molecule has 8 nitrogen and oxygen atoms in total. The Bertz CT molecular complexity index is 1120. The van der Waals surface area contributed by atoms with Crippen LogP contribution in [0.15, 0.2) is 45.0 Å². The van der Waals surface area contributed by atoms with Crippen molar-refractivity contribution in [2.24, 2.45) is 4.40 Å². The lowest BCUT2D eigenvalue weighted by Crippen LogP contribution is -2.50. The average molecular weight is 441 g/mol. The Morgan fingerprint density at radius 2 is 1.93 bits per heavy atom. The fourth-order valence-electron chi connectivity index (χ4n) is 3.31. The van der Waals surface area contributed by atoms with Crippen molar-refractivity contribution in [3.8, 4) is 10.4 Å². The van der Waals surface area contributed by atoms with Crippen molar-refractivity contribution < 1.29 is 16.8 Å². The number of fused-ring (bicyclic) bond motifs is 1. The third kappa shape index (κ3) is 3.98. The standard InChI is InChI=1S/C17H20N4O4S3/c1-27(22,23)21-8-6-20(7-9-21)12-17-18-14-5-4-13(15-3-2-10-26-15)11-16(14)28(24,25)19-17/h2-5,10-11H,6-9,12H2,1H3,(H,18,19). The van der Waals surface area contributed by atoms with E-state index in [9.17, 15) is 16.8 Å². The van der Waals surface area contributed by atoms with Crippen molar-refractivity contribution in [3.63, 3.8) is 0 Å². The maximum Gasteiger partial charge on any atom is 0.286 e. The van der Waals surface area contributed by atoms with Crippen molar-refractivity contribution in [3.05, 3.63) is 35.7 Å². The van der Waals surface area contributed by atoms with Crippen molar-refractivity contribution in [1.29, 1.82) is 0 Å². The van der Waals surface area contributed by atoms with Crippen LogP contribution in [-0.4, -0.2) is 70.9 Å². The maximum absolute atomic E-state index is 12.7. The van der Waals surface area contributed by atoms with Gasteiger partial charge in [-0.25, -0.2) is 8.42 Å². The summed E-state index contributed by atoms with van der Waals surface area (Å²) in [5.74, 6) is 0.351. The van der Waals surface area contributed by atoms with Gasteiger partial charge in [-0.15, -0.1) is 15.7 Å². The van der Waals surface area contributed by atoms with Gasteiger partial charge in [-0.05, 0) is 29.1 Å². The topological polar surface area (TPSA) is 99.2 Å². The van der Waals surface area contributed by atoms with Gasteiger partial charge in [-0.3, -0.25) is 4.90 Å². The van der Waals surface area contributed by atoms with E-state index in [0.29, 0.717) is 44.2 Å². The summed E-state index contributed by atoms with van der Waals surface area (Å²) in [5.41, 5.74) is 1.36. The van der Waals surface area contributed by atoms with Crippen LogP contribution < -0.4 is 5.32 Å². The van der Waals surface area contributed by atoms with Gasteiger partial charge >= 0.3 is 0 Å². The molecule has 2 aromatic rings. The lowest BCUT2D eigenvalue weighted by molar-refractivity contribution is 0.210. The number of amidine groups is 1. The highest BCUT2D eigenvalue weighted by molar-refractivity contribution is 7.90. The molecule has 0 spiro atoms. The molecule has 2 aliphatic heterocycles. The summed E-state index contributed by atoms with van der Waals surface area (Å²) in [5, 5.41) is 5.06. The Balaban J connectivity index is 1.51. The van der Waals surface area contributed by atoms with Crippen LogP contribution in [-0.2, 0) is 20.0 Å². The van der Waals surface area contributed by atoms with Crippen LogP contribution in [0.4, 0.5) is 5.69 Å². The Kier molecular flexibility index (Phi) is 5.04. The van der Waals surface area contributed by atoms with E-state index >= 15 is 0 Å². The first-order valence-corrected chi connectivity index (χ1v) is 12.9. The summed E-state index contributed by atoms with van der Waals surface area (Å²) in [6.45, 7) is 2.15. The van der Waals surface area contributed by atoms with Crippen molar-refractivity contribution in [1.82, 2.24) is 9.21 Å². The number of piperazine rings is 1. The first-order chi connectivity index (χ1) is 13.2. The molecular weight excluding hydrogens is 420 g/mol. The summed E-state index contributed by atoms with van der Waals surface area (Å²) in [6, 6.07) is 9.17. The fourth-order valence-corrected chi connectivity index (χ4v) is 6.02. The van der Waals surface area contributed by atoms with E-state index in [1.54, 1.807) is 23.5 Å². The van der Waals surface area contributed by atoms with Crippen LogP contribution in [0.25, 0.3) is 10.4 Å². The summed E-state index contributed by atoms with van der Waals surface area (Å²) < 4.78 is 54.0. The molecule has 1 saturated heterocycles. The molecule has 0 amide bonds. The zero-order valence-corrected chi connectivity index (χ0v) is 17.6. The number of rotatable bonds is 4. The molecule has 3 heterocycles. The van der Waals surface area contributed by atoms with E-state index in [1.165, 1.54) is 10.6 Å². The molecular formula is C17H20N4O4S3. The zero-order chi connectivity index (χ0) is 19.9. The lowest BCUT2D eigenvalue weighted by Gasteiger charge is -2.33. The lowest BCUT2D eigenvalue weighted by atomic mass is 10.1. The molecule has 0 bridgehead atoms. The number of anilines is 1. The van der Waals surface area contributed by atoms with E-state index in [-0.39, 0.29) is 4.90 Å². The van der Waals surface area contributed by atoms with Gasteiger partial charge in [-0.1, -0.05) is 12.1 Å². The Hall–Kier alpha value is -1.79. The minimum atomic E-state index is -3.79. The number of thiophene rings is 1. The predicted molar refractivity (Wildman–Crippen MR) is 111 cm³/mol. The van der Waals surface area contributed by atoms with Gasteiger partial charge in [0, 0.05) is 31.1 Å². The van der Waals surface area contributed by atoms with Crippen molar-refractivity contribution in [2.45, 2.75) is 4.90 Å². The molecule has 0 saturated carbocycles. The second-order valence-electron chi connectivity index (χ2n) is 6.76. The smallest absolute Gasteiger partial charge is 0.286 e. The molecule has 11 heteroatoms. The van der Waals surface area contributed by atoms with Crippen LogP contribution in [0.1, 0.15) is 0 Å². The van der Waals surface area contributed by atoms with Crippen LogP contribution in [0.2, 0.25) is 0 Å². The van der Waals surface area contributed by atoms with Gasteiger partial charge in [0.05, 0.1) is 18.5 Å². The van der Waals surface area contributed by atoms with E-state index in [1.807, 2.05) is 28.5 Å². The zero-order valence-electron chi connectivity index (χ0n) is 15.2. The Morgan fingerprint density at radius 3 is 2.57 bits per heavy atom. The minimum Gasteiger partial charge on any atom is -0.341 e. The third-order valence-electron chi connectivity index (χ3n) is 4.75. The van der Waals surface area contributed by atoms with Crippen LogP contribution in [0.5, 0.6) is 0 Å². The summed E-state index contributed by atoms with van der Waals surface area (Å²) in [6.07, 6.45) is 1.20. The van der Waals surface area contributed by atoms with Crippen LogP contribution in [0.3, 0.4) is 0 Å². The van der Waals surface area contributed by atoms with Crippen molar-refractivity contribution >= 4 is 42.9 Å². The normalized spacial score (nSPS) is 20.2. The minimum absolute atomic E-state index is 0.170. The van der Waals surface area contributed by atoms with Gasteiger partial charge in [0.15, 0.2) is 0 Å². The van der Waals surface area contributed by atoms with Crippen LogP contribution >= 0.6 is 11.3 Å². The van der Waals surface area contributed by atoms with Gasteiger partial charge in [-0.2, -0.15) is 12.7 Å². The van der Waals surface area contributed by atoms with E-state index in [2.05, 4.69) is 9.71 Å². The third-order valence-corrected chi connectivity index (χ3v) is 8.32. The molecule has 28 heavy (non-hydrogen) atoms. The number of nitrogens with zero attached hydrogens (tertiary/aromatic N) is 3. The van der Waals surface area contributed by atoms with Crippen molar-refractivity contribution in [2.75, 3.05) is 44.3 Å². The SMILES string of the molecule is CS(=O)(=O)N1CCN(CC2=NS(=O)(=O)c3cc(-c4cccs4)ccc3N2)CC1. The second-order valence-corrected chi connectivity index (χ2v) is 11.3. The molecule has 0 radical (unpaired) electrons. The predicted octanol–water partition coefficient (Wildman–Crippen LogP) is 1.51. The van der Waals surface area contributed by atoms with Gasteiger partial charge in [0.25, 0.3) is 10.0 Å². The second kappa shape index (κ2) is 7.23. The average Bonchev–Trinajstić information content (AvgIpc) is 3.15. The molecule has 1 fully saturated rings. The fraction of sp³-hybridized carbons (Fsp3) is 0.353. The van der Waals surface area contributed by atoms with Gasteiger partial charge in [0.1, 0.15) is 10.7 Å². The number of hydrogen-bond donors (Lipinski definition) is 1. The molecule has 150 valence electrons. The van der Waals surface area contributed by atoms with E-state index < -0.39 is 20.0 Å². The van der Waals surface area contributed by atoms with Gasteiger partial charge in [0.2, 0.25) is 10.0 Å². The van der Waals surface area contributed by atoms with E-state index in [0.717, 1.165) is 10.4 Å². The number of sulfonamides is 2. The Labute approximate surface area is 168 Å². The molecule has 4 rings (SSSR count). The number of benzene rings is 1. The summed E-state index contributed by atoms with van der Waals surface area (Å²) >= 11 is 1.55. The number of hydrogen-bond acceptors (Lipinski definition) is 7. The van der Waals surface area contributed by atoms with Gasteiger partial charge < -0.3 is 5.32 Å². The maximum atomic E-state index is 12.7. The highest BCUT2D eigenvalue weighted by Crippen LogP contribution is 2.33. The molecule has 1 aromatic carbocycles. The Morgan fingerprint density at radius 1 is 1.18 bits per heavy atom. The summed E-state index contributed by atoms with van der Waals surface area (Å²) in [4.78, 5) is 3.16. The molecule has 0 aliphatic carbocycles. The molecule has 1 aromatic heterocycles. The number of nitrogens with one attached hydrogen (secondary N) is 1. The molecule has 1 N–H and O–H groups in total. The largest absolute Gasteiger partial charge is 0.341 e. The first kappa shape index (κ1) is 19.5. The monoisotopic (exact) mass is 440 g/mol. The highest BCUT2D eigenvalue weighted by Gasteiger charge is 2.28. The summed E-state index contributed by atoms with van der Waals surface area (Å²) in [7, 11) is -6.99. The molecule has 0 atom stereocenters.